The zero-order chi connectivity index (χ0) is 11.8. The fourth-order valence-electron chi connectivity index (χ4n) is 0.576. The molecule has 0 bridgehead atoms. The molecule has 0 fully saturated rings. The molecule has 0 aliphatic rings. The van der Waals surface area contributed by atoms with Crippen molar-refractivity contribution in [2.24, 2.45) is 0 Å². The molecule has 0 saturated carbocycles. The van der Waals surface area contributed by atoms with Crippen molar-refractivity contribution in [1.29, 1.82) is 0 Å². The van der Waals surface area contributed by atoms with Crippen LogP contribution in [0.5, 0.6) is 0 Å². The van der Waals surface area contributed by atoms with Gasteiger partial charge < -0.3 is 14.6 Å². The minimum Gasteiger partial charge on any atom is -0.475 e. The van der Waals surface area contributed by atoms with Crippen LogP contribution in [0.25, 0.3) is 0 Å². The van der Waals surface area contributed by atoms with E-state index in [0.29, 0.717) is 6.08 Å². The molecule has 82 valence electrons. The van der Waals surface area contributed by atoms with Crippen LogP contribution < -0.4 is 0 Å². The summed E-state index contributed by atoms with van der Waals surface area (Å²) in [7, 11) is 0. The minimum absolute atomic E-state index is 0.0949. The molecule has 6 heteroatoms. The molecule has 0 rings (SSSR count). The Hall–Kier alpha value is -2.11. The quantitative estimate of drug-likeness (QED) is 0.400. The first-order valence-electron chi connectivity index (χ1n) is 3.97. The van der Waals surface area contributed by atoms with E-state index in [2.05, 4.69) is 16.1 Å². The van der Waals surface area contributed by atoms with Crippen LogP contribution in [-0.2, 0) is 23.9 Å². The summed E-state index contributed by atoms with van der Waals surface area (Å²) in [6, 6.07) is 0. The van der Waals surface area contributed by atoms with Gasteiger partial charge in [-0.05, 0) is 6.92 Å². The lowest BCUT2D eigenvalue weighted by molar-refractivity contribution is -0.146. The van der Waals surface area contributed by atoms with Gasteiger partial charge in [0.15, 0.2) is 0 Å². The van der Waals surface area contributed by atoms with Crippen molar-refractivity contribution in [1.82, 2.24) is 0 Å². The van der Waals surface area contributed by atoms with Gasteiger partial charge in [-0.1, -0.05) is 6.58 Å². The number of carbonyl (C=O) groups excluding carboxylic acids is 2. The Morgan fingerprint density at radius 2 is 1.93 bits per heavy atom. The maximum atomic E-state index is 10.8. The normalized spacial score (nSPS) is 10.3. The van der Waals surface area contributed by atoms with E-state index in [1.165, 1.54) is 0 Å². The van der Waals surface area contributed by atoms with Crippen LogP contribution in [0.4, 0.5) is 0 Å². The standard InChI is InChI=1S/C9H10O6/c1-3-7(10)15-6(9(12)13)5-8(11)14-4-2/h3,5H,1,4H2,2H3,(H,12,13)/b6-5+. The second-order valence-corrected chi connectivity index (χ2v) is 2.19. The average molecular weight is 214 g/mol. The van der Waals surface area contributed by atoms with Crippen LogP contribution in [0, 0.1) is 0 Å². The number of rotatable bonds is 5. The first-order chi connectivity index (χ1) is 7.01. The van der Waals surface area contributed by atoms with E-state index >= 15 is 0 Å². The molecule has 0 aromatic heterocycles. The monoisotopic (exact) mass is 214 g/mol. The Labute approximate surface area is 85.8 Å². The van der Waals surface area contributed by atoms with E-state index in [1.54, 1.807) is 6.92 Å². The largest absolute Gasteiger partial charge is 0.475 e. The molecule has 0 aliphatic carbocycles. The van der Waals surface area contributed by atoms with Crippen molar-refractivity contribution in [3.63, 3.8) is 0 Å². The predicted molar refractivity (Wildman–Crippen MR) is 48.6 cm³/mol. The van der Waals surface area contributed by atoms with Crippen LogP contribution >= 0.6 is 0 Å². The van der Waals surface area contributed by atoms with Crippen LogP contribution in [0.15, 0.2) is 24.5 Å². The molecular formula is C9H10O6. The molecule has 0 aromatic rings. The van der Waals surface area contributed by atoms with Gasteiger partial charge in [-0.25, -0.2) is 14.4 Å². The van der Waals surface area contributed by atoms with Gasteiger partial charge in [-0.2, -0.15) is 0 Å². The Morgan fingerprint density at radius 3 is 2.33 bits per heavy atom. The molecule has 15 heavy (non-hydrogen) atoms. The van der Waals surface area contributed by atoms with Crippen LogP contribution in [0.3, 0.4) is 0 Å². The number of hydrogen-bond acceptors (Lipinski definition) is 5. The highest BCUT2D eigenvalue weighted by Gasteiger charge is 2.14. The van der Waals surface area contributed by atoms with E-state index in [9.17, 15) is 14.4 Å². The lowest BCUT2D eigenvalue weighted by atomic mass is 10.4. The van der Waals surface area contributed by atoms with Gasteiger partial charge in [0.1, 0.15) is 0 Å². The average Bonchev–Trinajstić information content (AvgIpc) is 2.16. The Kier molecular flexibility index (Phi) is 5.47. The molecule has 0 atom stereocenters. The molecule has 1 N–H and O–H groups in total. The van der Waals surface area contributed by atoms with Crippen molar-refractivity contribution in [3.05, 3.63) is 24.5 Å². The molecular weight excluding hydrogens is 204 g/mol. The van der Waals surface area contributed by atoms with Crippen molar-refractivity contribution in [2.75, 3.05) is 6.61 Å². The van der Waals surface area contributed by atoms with E-state index in [1.807, 2.05) is 0 Å². The SMILES string of the molecule is C=CC(=O)O/C(=C/C(=O)OCC)C(=O)O. The highest BCUT2D eigenvalue weighted by molar-refractivity contribution is 5.96. The van der Waals surface area contributed by atoms with Crippen LogP contribution in [0.1, 0.15) is 6.92 Å². The lowest BCUT2D eigenvalue weighted by Crippen LogP contribution is -2.12. The number of carboxylic acids is 1. The summed E-state index contributed by atoms with van der Waals surface area (Å²) in [6.07, 6.45) is 1.36. The molecule has 0 unspecified atom stereocenters. The predicted octanol–water partition coefficient (Wildman–Crippen LogP) is 0.247. The lowest BCUT2D eigenvalue weighted by Gasteiger charge is -2.01. The zero-order valence-electron chi connectivity index (χ0n) is 8.06. The van der Waals surface area contributed by atoms with Gasteiger partial charge in [0.05, 0.1) is 12.7 Å². The third-order valence-electron chi connectivity index (χ3n) is 1.12. The number of hydrogen-bond donors (Lipinski definition) is 1. The highest BCUT2D eigenvalue weighted by Crippen LogP contribution is 2.00. The van der Waals surface area contributed by atoms with Crippen LogP contribution in [0.2, 0.25) is 0 Å². The van der Waals surface area contributed by atoms with Crippen molar-refractivity contribution >= 4 is 17.9 Å². The third kappa shape index (κ3) is 5.25. The zero-order valence-corrected chi connectivity index (χ0v) is 8.06. The molecule has 0 heterocycles. The van der Waals surface area contributed by atoms with Crippen molar-refractivity contribution in [3.8, 4) is 0 Å². The van der Waals surface area contributed by atoms with Gasteiger partial charge in [0, 0.05) is 6.08 Å². The molecule has 0 radical (unpaired) electrons. The fraction of sp³-hybridized carbons (Fsp3) is 0.222. The van der Waals surface area contributed by atoms with Gasteiger partial charge in [-0.3, -0.25) is 0 Å². The number of esters is 2. The Bertz CT molecular complexity index is 315. The maximum Gasteiger partial charge on any atom is 0.372 e. The number of aliphatic carboxylic acids is 1. The molecule has 0 spiro atoms. The van der Waals surface area contributed by atoms with Gasteiger partial charge >= 0.3 is 17.9 Å². The van der Waals surface area contributed by atoms with Crippen LogP contribution in [-0.4, -0.2) is 29.6 Å². The van der Waals surface area contributed by atoms with E-state index in [4.69, 9.17) is 5.11 Å². The maximum absolute atomic E-state index is 10.8. The second-order valence-electron chi connectivity index (χ2n) is 2.19. The third-order valence-corrected chi connectivity index (χ3v) is 1.12. The number of ether oxygens (including phenoxy) is 2. The summed E-state index contributed by atoms with van der Waals surface area (Å²) in [5, 5.41) is 8.55. The topological polar surface area (TPSA) is 89.9 Å². The van der Waals surface area contributed by atoms with Gasteiger partial charge in [-0.15, -0.1) is 0 Å². The minimum atomic E-state index is -1.54. The molecule has 0 saturated heterocycles. The van der Waals surface area contributed by atoms with Gasteiger partial charge in [0.25, 0.3) is 0 Å². The van der Waals surface area contributed by atoms with E-state index in [0.717, 1.165) is 6.08 Å². The highest BCUT2D eigenvalue weighted by atomic mass is 16.6. The summed E-state index contributed by atoms with van der Waals surface area (Å²) in [6.45, 7) is 4.73. The summed E-state index contributed by atoms with van der Waals surface area (Å²) in [5.74, 6) is -4.21. The second kappa shape index (κ2) is 6.36. The summed E-state index contributed by atoms with van der Waals surface area (Å²) in [5.41, 5.74) is 0. The fourth-order valence-corrected chi connectivity index (χ4v) is 0.576. The van der Waals surface area contributed by atoms with E-state index in [-0.39, 0.29) is 6.61 Å². The van der Waals surface area contributed by atoms with Crippen molar-refractivity contribution in [2.45, 2.75) is 6.92 Å². The molecule has 0 aromatic carbocycles. The Morgan fingerprint density at radius 1 is 1.33 bits per heavy atom. The number of carbonyl (C=O) groups is 3. The smallest absolute Gasteiger partial charge is 0.372 e. The summed E-state index contributed by atoms with van der Waals surface area (Å²) < 4.78 is 8.72. The molecule has 0 aliphatic heterocycles. The van der Waals surface area contributed by atoms with E-state index < -0.39 is 23.7 Å². The Balaban J connectivity index is 4.65. The molecule has 0 amide bonds. The molecule has 6 nitrogen and oxygen atoms in total. The number of carboxylic acid groups (broad SMARTS) is 1. The summed E-state index contributed by atoms with van der Waals surface area (Å²) in [4.78, 5) is 32.0. The first-order valence-corrected chi connectivity index (χ1v) is 3.97. The van der Waals surface area contributed by atoms with Gasteiger partial charge in [0.2, 0.25) is 5.76 Å². The van der Waals surface area contributed by atoms with Crippen molar-refractivity contribution < 1.29 is 29.0 Å². The first kappa shape index (κ1) is 12.9. The summed E-state index contributed by atoms with van der Waals surface area (Å²) >= 11 is 0.